The molecule has 1 aliphatic heterocycles. The van der Waals surface area contributed by atoms with E-state index in [0.29, 0.717) is 17.6 Å². The lowest BCUT2D eigenvalue weighted by Gasteiger charge is -2.32. The highest BCUT2D eigenvalue weighted by molar-refractivity contribution is 6.31. The van der Waals surface area contributed by atoms with Crippen LogP contribution in [0.4, 0.5) is 24.8 Å². The fraction of sp³-hybridized carbons (Fsp3) is 0.364. The van der Waals surface area contributed by atoms with Gasteiger partial charge < -0.3 is 15.2 Å². The van der Waals surface area contributed by atoms with Crippen LogP contribution in [0.25, 0.3) is 11.0 Å². The van der Waals surface area contributed by atoms with Crippen LogP contribution in [0.15, 0.2) is 24.3 Å². The normalized spacial score (nSPS) is 16.8. The summed E-state index contributed by atoms with van der Waals surface area (Å²) in [6.07, 6.45) is 4.35. The van der Waals surface area contributed by atoms with Crippen molar-refractivity contribution in [1.29, 1.82) is 5.41 Å². The van der Waals surface area contributed by atoms with Gasteiger partial charge in [-0.15, -0.1) is 0 Å². The molecule has 0 radical (unpaired) electrons. The fourth-order valence-corrected chi connectivity index (χ4v) is 4.27. The monoisotopic (exact) mass is 480 g/mol. The number of aromatic amines is 1. The lowest BCUT2D eigenvalue weighted by atomic mass is 10.0. The van der Waals surface area contributed by atoms with E-state index >= 15 is 0 Å². The third kappa shape index (κ3) is 4.78. The van der Waals surface area contributed by atoms with Crippen LogP contribution in [0, 0.1) is 22.9 Å². The maximum Gasteiger partial charge on any atom is 0.201 e. The molecule has 1 saturated heterocycles. The van der Waals surface area contributed by atoms with Crippen molar-refractivity contribution >= 4 is 40.1 Å². The summed E-state index contributed by atoms with van der Waals surface area (Å²) in [5.74, 6) is -3.40. The second-order valence-electron chi connectivity index (χ2n) is 8.13. The van der Waals surface area contributed by atoms with Gasteiger partial charge >= 0.3 is 0 Å². The number of hydrogen-bond acceptors (Lipinski definition) is 5. The molecule has 2 aromatic carbocycles. The molecule has 0 spiro atoms. The highest BCUT2D eigenvalue weighted by Crippen LogP contribution is 2.28. The molecule has 1 aromatic heterocycles. The molecule has 0 amide bonds. The summed E-state index contributed by atoms with van der Waals surface area (Å²) in [6, 6.07) is 4.59. The molecule has 3 aromatic rings. The molecule has 176 valence electrons. The van der Waals surface area contributed by atoms with Gasteiger partial charge in [0.2, 0.25) is 5.95 Å². The van der Waals surface area contributed by atoms with Gasteiger partial charge in [-0.3, -0.25) is 10.6 Å². The second kappa shape index (κ2) is 9.58. The van der Waals surface area contributed by atoms with Crippen molar-refractivity contribution in [1.82, 2.24) is 14.9 Å². The number of imidazole rings is 1. The van der Waals surface area contributed by atoms with E-state index in [9.17, 15) is 18.4 Å². The smallest absolute Gasteiger partial charge is 0.201 e. The maximum atomic E-state index is 14.4. The van der Waals surface area contributed by atoms with Crippen LogP contribution in [0.5, 0.6) is 0 Å². The third-order valence-electron chi connectivity index (χ3n) is 5.97. The third-order valence-corrected chi connectivity index (χ3v) is 6.26. The van der Waals surface area contributed by atoms with Gasteiger partial charge in [-0.2, -0.15) is 0 Å². The topological polar surface area (TPSA) is 91.3 Å². The highest BCUT2D eigenvalue weighted by atomic mass is 35.5. The standard InChI is InChI=1S/C22H24ClF3N6O/c1-31-9-3-2-4-12(31)7-8-28-22-29-19-14(11-17(25)18(26)20(19)30-22)21(27)32(33)13-5-6-16(24)15(23)10-13/h5-6,10-12,27,33H,2-4,7-9H2,1H3,(H2,28,29,30). The van der Waals surface area contributed by atoms with E-state index in [1.165, 1.54) is 18.9 Å². The molecule has 11 heteroatoms. The molecule has 0 aliphatic carbocycles. The average Bonchev–Trinajstić information content (AvgIpc) is 3.23. The van der Waals surface area contributed by atoms with Crippen LogP contribution in [0.2, 0.25) is 5.02 Å². The molecule has 33 heavy (non-hydrogen) atoms. The van der Waals surface area contributed by atoms with Crippen LogP contribution >= 0.6 is 11.6 Å². The number of amidine groups is 1. The summed E-state index contributed by atoms with van der Waals surface area (Å²) in [5, 5.41) is 22.0. The van der Waals surface area contributed by atoms with E-state index in [1.807, 2.05) is 0 Å². The zero-order valence-corrected chi connectivity index (χ0v) is 18.7. The number of anilines is 2. The van der Waals surface area contributed by atoms with Gasteiger partial charge in [0.15, 0.2) is 17.5 Å². The minimum atomic E-state index is -1.21. The zero-order valence-electron chi connectivity index (χ0n) is 17.9. The first-order valence-corrected chi connectivity index (χ1v) is 11.0. The first kappa shape index (κ1) is 23.3. The number of halogens is 4. The Morgan fingerprint density at radius 1 is 1.30 bits per heavy atom. The van der Waals surface area contributed by atoms with E-state index < -0.39 is 23.3 Å². The fourth-order valence-electron chi connectivity index (χ4n) is 4.10. The first-order valence-electron chi connectivity index (χ1n) is 10.6. The number of hydroxylamine groups is 1. The summed E-state index contributed by atoms with van der Waals surface area (Å²) in [5.41, 5.74) is -0.390. The Kier molecular flexibility index (Phi) is 6.78. The summed E-state index contributed by atoms with van der Waals surface area (Å²) in [7, 11) is 2.09. The number of H-pyrrole nitrogens is 1. The molecule has 7 nitrogen and oxygen atoms in total. The molecule has 0 saturated carbocycles. The first-order chi connectivity index (χ1) is 15.8. The number of hydrogen-bond donors (Lipinski definition) is 4. The Morgan fingerprint density at radius 3 is 2.82 bits per heavy atom. The van der Waals surface area contributed by atoms with Crippen molar-refractivity contribution in [2.75, 3.05) is 30.5 Å². The summed E-state index contributed by atoms with van der Waals surface area (Å²) in [4.78, 5) is 9.31. The van der Waals surface area contributed by atoms with E-state index in [4.69, 9.17) is 17.0 Å². The van der Waals surface area contributed by atoms with E-state index in [-0.39, 0.29) is 33.3 Å². The quantitative estimate of drug-likeness (QED) is 0.223. The van der Waals surface area contributed by atoms with Crippen molar-refractivity contribution in [3.63, 3.8) is 0 Å². The van der Waals surface area contributed by atoms with Crippen molar-refractivity contribution in [3.8, 4) is 0 Å². The second-order valence-corrected chi connectivity index (χ2v) is 8.54. The number of nitrogens with one attached hydrogen (secondary N) is 3. The molecular formula is C22H24ClF3N6O. The molecule has 1 aliphatic rings. The predicted octanol–water partition coefficient (Wildman–Crippen LogP) is 5.14. The van der Waals surface area contributed by atoms with Gasteiger partial charge in [-0.25, -0.2) is 23.2 Å². The molecular weight excluding hydrogens is 457 g/mol. The molecule has 4 rings (SSSR count). The van der Waals surface area contributed by atoms with Crippen molar-refractivity contribution < 1.29 is 18.4 Å². The number of rotatable bonds is 6. The van der Waals surface area contributed by atoms with E-state index in [1.54, 1.807) is 0 Å². The van der Waals surface area contributed by atoms with Crippen molar-refractivity contribution in [2.24, 2.45) is 0 Å². The van der Waals surface area contributed by atoms with Crippen LogP contribution in [0.1, 0.15) is 31.2 Å². The molecule has 0 bridgehead atoms. The van der Waals surface area contributed by atoms with E-state index in [0.717, 1.165) is 37.6 Å². The summed E-state index contributed by atoms with van der Waals surface area (Å²) < 4.78 is 42.2. The Hall–Kier alpha value is -2.82. The predicted molar refractivity (Wildman–Crippen MR) is 122 cm³/mol. The number of fused-ring (bicyclic) bond motifs is 1. The van der Waals surface area contributed by atoms with Gasteiger partial charge in [0.1, 0.15) is 11.3 Å². The maximum absolute atomic E-state index is 14.4. The lowest BCUT2D eigenvalue weighted by Crippen LogP contribution is -2.37. The number of nitrogens with zero attached hydrogens (tertiary/aromatic N) is 3. The Bertz CT molecular complexity index is 1190. The summed E-state index contributed by atoms with van der Waals surface area (Å²) >= 11 is 5.75. The molecule has 1 unspecified atom stereocenters. The average molecular weight is 481 g/mol. The van der Waals surface area contributed by atoms with Gasteiger partial charge in [-0.05, 0) is 57.1 Å². The molecule has 4 N–H and O–H groups in total. The highest BCUT2D eigenvalue weighted by Gasteiger charge is 2.23. The number of likely N-dealkylation sites (tertiary alicyclic amines) is 1. The van der Waals surface area contributed by atoms with Gasteiger partial charge in [0.05, 0.1) is 16.2 Å². The van der Waals surface area contributed by atoms with Crippen LogP contribution in [-0.4, -0.2) is 52.1 Å². The Labute approximate surface area is 193 Å². The number of piperidine rings is 1. The van der Waals surface area contributed by atoms with Gasteiger partial charge in [0.25, 0.3) is 0 Å². The molecule has 2 heterocycles. The van der Waals surface area contributed by atoms with Gasteiger partial charge in [0, 0.05) is 18.2 Å². The van der Waals surface area contributed by atoms with Crippen molar-refractivity contribution in [2.45, 2.75) is 31.7 Å². The number of aromatic nitrogens is 2. The summed E-state index contributed by atoms with van der Waals surface area (Å²) in [6.45, 7) is 1.63. The SMILES string of the molecule is CN1CCCCC1CCNc1nc2c(F)c(F)cc(C(=N)N(O)c3ccc(F)c(Cl)c3)c2[nH]1. The minimum Gasteiger partial charge on any atom is -0.356 e. The minimum absolute atomic E-state index is 0.0150. The number of benzene rings is 2. The largest absolute Gasteiger partial charge is 0.356 e. The molecule has 1 atom stereocenters. The Balaban J connectivity index is 1.58. The van der Waals surface area contributed by atoms with Crippen LogP contribution < -0.4 is 10.4 Å². The lowest BCUT2D eigenvalue weighted by molar-refractivity contribution is 0.179. The zero-order chi connectivity index (χ0) is 23.7. The van der Waals surface area contributed by atoms with Crippen LogP contribution in [0.3, 0.4) is 0 Å². The van der Waals surface area contributed by atoms with E-state index in [2.05, 4.69) is 27.2 Å². The van der Waals surface area contributed by atoms with Crippen molar-refractivity contribution in [3.05, 3.63) is 52.3 Å². The molecule has 1 fully saturated rings. The Morgan fingerprint density at radius 2 is 2.09 bits per heavy atom. The van der Waals surface area contributed by atoms with Crippen LogP contribution in [-0.2, 0) is 0 Å². The van der Waals surface area contributed by atoms with Gasteiger partial charge in [-0.1, -0.05) is 18.0 Å².